The Hall–Kier alpha value is 0.160. The van der Waals surface area contributed by atoms with Gasteiger partial charge in [0.1, 0.15) is 0 Å². The first-order valence-corrected chi connectivity index (χ1v) is 4.05. The molecule has 0 atom stereocenters. The van der Waals surface area contributed by atoms with E-state index in [0.717, 1.165) is 29.8 Å². The van der Waals surface area contributed by atoms with Crippen LogP contribution in [0.2, 0.25) is 0 Å². The van der Waals surface area contributed by atoms with Crippen molar-refractivity contribution in [3.8, 4) is 0 Å². The summed E-state index contributed by atoms with van der Waals surface area (Å²) in [5.41, 5.74) is 5.55. The van der Waals surface area contributed by atoms with Gasteiger partial charge in [0.05, 0.1) is 40.1 Å². The molecule has 0 spiro atoms. The highest BCUT2D eigenvalue weighted by atomic mass is 127. The van der Waals surface area contributed by atoms with Crippen molar-refractivity contribution >= 4 is 5.84 Å². The molecule has 74 valence electrons. The Kier molecular flexibility index (Phi) is 8.13. The third-order valence-electron chi connectivity index (χ3n) is 1.45. The van der Waals surface area contributed by atoms with Crippen LogP contribution in [0.4, 0.5) is 0 Å². The lowest BCUT2D eigenvalue weighted by Crippen LogP contribution is -3.00. The molecule has 0 rings (SSSR count). The summed E-state index contributed by atoms with van der Waals surface area (Å²) in [5, 5.41) is 0. The zero-order valence-electron chi connectivity index (χ0n) is 8.47. The molecule has 0 bridgehead atoms. The number of hydrogen-bond acceptors (Lipinski definition) is 1. The second-order valence-corrected chi connectivity index (χ2v) is 3.74. The van der Waals surface area contributed by atoms with Gasteiger partial charge in [-0.3, -0.25) is 4.99 Å². The number of rotatable bonds is 4. The molecule has 0 heterocycles. The smallest absolute Gasteiger partial charge is 0.0979 e. The fraction of sp³-hybridized carbons (Fsp3) is 0.875. The van der Waals surface area contributed by atoms with E-state index in [-0.39, 0.29) is 24.0 Å². The van der Waals surface area contributed by atoms with E-state index < -0.39 is 0 Å². The van der Waals surface area contributed by atoms with Gasteiger partial charge in [0.2, 0.25) is 0 Å². The monoisotopic (exact) mass is 285 g/mol. The summed E-state index contributed by atoms with van der Waals surface area (Å²) in [6.07, 6.45) is 0.858. The van der Waals surface area contributed by atoms with Crippen LogP contribution in [0.25, 0.3) is 0 Å². The summed E-state index contributed by atoms with van der Waals surface area (Å²) in [7, 11) is 6.45. The minimum absolute atomic E-state index is 0. The fourth-order valence-corrected chi connectivity index (χ4v) is 0.605. The van der Waals surface area contributed by atoms with E-state index >= 15 is 0 Å². The summed E-state index contributed by atoms with van der Waals surface area (Å²) >= 11 is 0. The Morgan fingerprint density at radius 2 is 1.83 bits per heavy atom. The lowest BCUT2D eigenvalue weighted by molar-refractivity contribution is -0.868. The number of nitrogens with two attached hydrogens (primary N) is 1. The van der Waals surface area contributed by atoms with E-state index in [0.29, 0.717) is 0 Å². The molecular weight excluding hydrogens is 265 g/mol. The van der Waals surface area contributed by atoms with Crippen LogP contribution in [-0.4, -0.2) is 44.6 Å². The minimum atomic E-state index is 0. The number of aliphatic imine (C=N–C) groups is 1. The predicted molar refractivity (Wildman–Crippen MR) is 49.7 cm³/mol. The van der Waals surface area contributed by atoms with E-state index in [9.17, 15) is 0 Å². The van der Waals surface area contributed by atoms with Gasteiger partial charge >= 0.3 is 0 Å². The van der Waals surface area contributed by atoms with Crippen molar-refractivity contribution in [3.05, 3.63) is 0 Å². The molecule has 0 aliphatic carbocycles. The Morgan fingerprint density at radius 1 is 1.33 bits per heavy atom. The van der Waals surface area contributed by atoms with Gasteiger partial charge in [0.25, 0.3) is 0 Å². The molecule has 2 N–H and O–H groups in total. The van der Waals surface area contributed by atoms with Gasteiger partial charge in [-0.15, -0.1) is 0 Å². The molecule has 4 heteroatoms. The highest BCUT2D eigenvalue weighted by molar-refractivity contribution is 5.79. The molecule has 0 aliphatic heterocycles. The standard InChI is InChI=1S/C8H20N3.HI/c1-5-8(9)10-6-7-11(2,3)4;/h5-7H2,1-4H3,(H2,9,10);1H/q+1;/p-1. The van der Waals surface area contributed by atoms with Crippen molar-refractivity contribution in [1.29, 1.82) is 0 Å². The zero-order chi connectivity index (χ0) is 8.91. The quantitative estimate of drug-likeness (QED) is 0.263. The van der Waals surface area contributed by atoms with Crippen LogP contribution in [0, 0.1) is 0 Å². The SMILES string of the molecule is CCC(N)=NCC[N+](C)(C)C.[I-]. The number of hydrogen-bond donors (Lipinski definition) is 1. The normalized spacial score (nSPS) is 12.5. The third-order valence-corrected chi connectivity index (χ3v) is 1.45. The highest BCUT2D eigenvalue weighted by Gasteiger charge is 2.04. The first kappa shape index (κ1) is 14.7. The second kappa shape index (κ2) is 6.65. The Morgan fingerprint density at radius 3 is 2.17 bits per heavy atom. The first-order valence-electron chi connectivity index (χ1n) is 4.05. The summed E-state index contributed by atoms with van der Waals surface area (Å²) in [5.74, 6) is 0.762. The zero-order valence-corrected chi connectivity index (χ0v) is 10.6. The van der Waals surface area contributed by atoms with E-state index in [4.69, 9.17) is 5.73 Å². The van der Waals surface area contributed by atoms with Crippen molar-refractivity contribution < 1.29 is 28.5 Å². The maximum absolute atomic E-state index is 5.55. The maximum atomic E-state index is 5.55. The molecule has 0 radical (unpaired) electrons. The van der Waals surface area contributed by atoms with Gasteiger partial charge < -0.3 is 34.2 Å². The summed E-state index contributed by atoms with van der Waals surface area (Å²) in [6, 6.07) is 0. The van der Waals surface area contributed by atoms with E-state index in [2.05, 4.69) is 26.1 Å². The lowest BCUT2D eigenvalue weighted by atomic mass is 10.4. The van der Waals surface area contributed by atoms with Crippen LogP contribution in [0.5, 0.6) is 0 Å². The number of halogens is 1. The van der Waals surface area contributed by atoms with Crippen molar-refractivity contribution in [1.82, 2.24) is 0 Å². The van der Waals surface area contributed by atoms with Crippen LogP contribution in [0.1, 0.15) is 13.3 Å². The minimum Gasteiger partial charge on any atom is -1.00 e. The van der Waals surface area contributed by atoms with Crippen molar-refractivity contribution in [2.75, 3.05) is 34.2 Å². The summed E-state index contributed by atoms with van der Waals surface area (Å²) < 4.78 is 0.945. The van der Waals surface area contributed by atoms with Crippen molar-refractivity contribution in [2.24, 2.45) is 10.7 Å². The van der Waals surface area contributed by atoms with Crippen LogP contribution in [0.15, 0.2) is 4.99 Å². The number of nitrogens with zero attached hydrogens (tertiary/aromatic N) is 2. The topological polar surface area (TPSA) is 38.4 Å². The maximum Gasteiger partial charge on any atom is 0.0979 e. The highest BCUT2D eigenvalue weighted by Crippen LogP contribution is 1.89. The lowest BCUT2D eigenvalue weighted by Gasteiger charge is -2.22. The average molecular weight is 285 g/mol. The van der Waals surface area contributed by atoms with Crippen molar-refractivity contribution in [3.63, 3.8) is 0 Å². The van der Waals surface area contributed by atoms with Crippen LogP contribution < -0.4 is 29.7 Å². The van der Waals surface area contributed by atoms with E-state index in [1.54, 1.807) is 0 Å². The summed E-state index contributed by atoms with van der Waals surface area (Å²) in [6.45, 7) is 3.90. The van der Waals surface area contributed by atoms with Gasteiger partial charge in [0, 0.05) is 6.42 Å². The molecule has 0 aromatic rings. The molecule has 0 aliphatic rings. The van der Waals surface area contributed by atoms with Crippen LogP contribution in [-0.2, 0) is 0 Å². The van der Waals surface area contributed by atoms with Crippen molar-refractivity contribution in [2.45, 2.75) is 13.3 Å². The molecule has 0 aromatic heterocycles. The largest absolute Gasteiger partial charge is 1.00 e. The number of amidine groups is 1. The van der Waals surface area contributed by atoms with E-state index in [1.165, 1.54) is 0 Å². The first-order chi connectivity index (χ1) is 4.95. The number of likely N-dealkylation sites (N-methyl/N-ethyl adjacent to an activating group) is 1. The molecule has 12 heavy (non-hydrogen) atoms. The van der Waals surface area contributed by atoms with Crippen LogP contribution in [0.3, 0.4) is 0 Å². The van der Waals surface area contributed by atoms with Crippen LogP contribution >= 0.6 is 0 Å². The summed E-state index contributed by atoms with van der Waals surface area (Å²) in [4.78, 5) is 4.21. The van der Waals surface area contributed by atoms with Gasteiger partial charge in [0.15, 0.2) is 0 Å². The Bertz CT molecular complexity index is 138. The predicted octanol–water partition coefficient (Wildman–Crippen LogP) is -2.54. The van der Waals surface area contributed by atoms with Gasteiger partial charge in [-0.25, -0.2) is 0 Å². The van der Waals surface area contributed by atoms with Gasteiger partial charge in [-0.2, -0.15) is 0 Å². The molecule has 0 fully saturated rings. The Labute approximate surface area is 92.6 Å². The molecular formula is C8H20IN3. The van der Waals surface area contributed by atoms with Gasteiger partial charge in [-0.1, -0.05) is 6.92 Å². The second-order valence-electron chi connectivity index (χ2n) is 3.74. The molecule has 0 amide bonds. The average Bonchev–Trinajstić information content (AvgIpc) is 1.85. The van der Waals surface area contributed by atoms with Gasteiger partial charge in [-0.05, 0) is 0 Å². The molecule has 0 saturated carbocycles. The number of quaternary nitrogens is 1. The molecule has 0 saturated heterocycles. The third kappa shape index (κ3) is 10.2. The molecule has 3 nitrogen and oxygen atoms in total. The Balaban J connectivity index is 0. The fourth-order valence-electron chi connectivity index (χ4n) is 0.605. The molecule has 0 unspecified atom stereocenters. The molecule has 0 aromatic carbocycles. The van der Waals surface area contributed by atoms with E-state index in [1.807, 2.05) is 6.92 Å².